The second kappa shape index (κ2) is 5.75. The summed E-state index contributed by atoms with van der Waals surface area (Å²) in [6, 6.07) is 9.77. The first-order chi connectivity index (χ1) is 10.1. The van der Waals surface area contributed by atoms with E-state index in [4.69, 9.17) is 4.74 Å². The second-order valence-corrected chi connectivity index (χ2v) is 7.59. The Hall–Kier alpha value is -1.84. The Morgan fingerprint density at radius 3 is 2.41 bits per heavy atom. The van der Waals surface area contributed by atoms with Gasteiger partial charge in [-0.25, -0.2) is 9.69 Å². The second-order valence-electron chi connectivity index (χ2n) is 7.59. The summed E-state index contributed by atoms with van der Waals surface area (Å²) in [5.41, 5.74) is -0.0239. The zero-order valence-corrected chi connectivity index (χ0v) is 14.1. The third kappa shape index (κ3) is 3.67. The van der Waals surface area contributed by atoms with Crippen LogP contribution < -0.4 is 0 Å². The predicted molar refractivity (Wildman–Crippen MR) is 85.4 cm³/mol. The third-order valence-electron chi connectivity index (χ3n) is 3.81. The molecule has 2 amide bonds. The van der Waals surface area contributed by atoms with Crippen molar-refractivity contribution in [2.24, 2.45) is 5.41 Å². The molecule has 0 aromatic heterocycles. The van der Waals surface area contributed by atoms with Gasteiger partial charge < -0.3 is 4.74 Å². The molecule has 22 heavy (non-hydrogen) atoms. The lowest BCUT2D eigenvalue weighted by Gasteiger charge is -2.27. The van der Waals surface area contributed by atoms with Crippen LogP contribution in [0.15, 0.2) is 30.3 Å². The highest BCUT2D eigenvalue weighted by Crippen LogP contribution is 2.37. The molecule has 0 unspecified atom stereocenters. The van der Waals surface area contributed by atoms with E-state index < -0.39 is 17.1 Å². The fourth-order valence-electron chi connectivity index (χ4n) is 2.85. The van der Waals surface area contributed by atoms with E-state index in [1.54, 1.807) is 0 Å². The van der Waals surface area contributed by atoms with E-state index in [1.807, 2.05) is 65.0 Å². The maximum Gasteiger partial charge on any atom is 0.417 e. The summed E-state index contributed by atoms with van der Waals surface area (Å²) < 4.78 is 5.42. The minimum atomic E-state index is -0.610. The van der Waals surface area contributed by atoms with E-state index in [-0.39, 0.29) is 11.9 Å². The highest BCUT2D eigenvalue weighted by Gasteiger charge is 2.49. The van der Waals surface area contributed by atoms with Crippen molar-refractivity contribution in [3.05, 3.63) is 35.9 Å². The largest absolute Gasteiger partial charge is 0.443 e. The van der Waals surface area contributed by atoms with Crippen LogP contribution in [0.1, 0.15) is 46.6 Å². The number of ether oxygens (including phenoxy) is 1. The van der Waals surface area contributed by atoms with E-state index in [9.17, 15) is 9.59 Å². The predicted octanol–water partition coefficient (Wildman–Crippen LogP) is 3.79. The Morgan fingerprint density at radius 1 is 1.27 bits per heavy atom. The van der Waals surface area contributed by atoms with Gasteiger partial charge in [0.05, 0.1) is 0 Å². The quantitative estimate of drug-likeness (QED) is 0.835. The van der Waals surface area contributed by atoms with Crippen molar-refractivity contribution >= 4 is 12.0 Å². The van der Waals surface area contributed by atoms with Gasteiger partial charge >= 0.3 is 6.09 Å². The van der Waals surface area contributed by atoms with Crippen LogP contribution in [-0.2, 0) is 16.0 Å². The Bertz CT molecular complexity index is 557. The SMILES string of the molecule is CC(C)(C)OC(=O)N1C(=O)C(C)(C)C[C@@H]1Cc1ccccc1. The molecule has 1 heterocycles. The lowest BCUT2D eigenvalue weighted by Crippen LogP contribution is -2.44. The summed E-state index contributed by atoms with van der Waals surface area (Å²) in [4.78, 5) is 26.3. The van der Waals surface area contributed by atoms with Gasteiger partial charge in [0.25, 0.3) is 0 Å². The molecule has 1 aromatic rings. The molecule has 1 atom stereocenters. The molecule has 4 nitrogen and oxygen atoms in total. The van der Waals surface area contributed by atoms with Crippen molar-refractivity contribution in [1.82, 2.24) is 4.90 Å². The Labute approximate surface area is 132 Å². The molecule has 0 bridgehead atoms. The van der Waals surface area contributed by atoms with Crippen LogP contribution in [0.2, 0.25) is 0 Å². The minimum Gasteiger partial charge on any atom is -0.443 e. The highest BCUT2D eigenvalue weighted by molar-refractivity contribution is 5.97. The number of imide groups is 1. The number of nitrogens with zero attached hydrogens (tertiary/aromatic N) is 1. The molecule has 0 spiro atoms. The number of benzene rings is 1. The maximum absolute atomic E-state index is 12.6. The molecule has 1 aliphatic heterocycles. The summed E-state index contributed by atoms with van der Waals surface area (Å²) >= 11 is 0. The van der Waals surface area contributed by atoms with Crippen LogP contribution in [0.25, 0.3) is 0 Å². The van der Waals surface area contributed by atoms with Crippen molar-refractivity contribution in [2.75, 3.05) is 0 Å². The van der Waals surface area contributed by atoms with Gasteiger partial charge in [-0.1, -0.05) is 44.2 Å². The fourth-order valence-corrected chi connectivity index (χ4v) is 2.85. The van der Waals surface area contributed by atoms with E-state index >= 15 is 0 Å². The Balaban J connectivity index is 2.22. The zero-order valence-electron chi connectivity index (χ0n) is 14.1. The van der Waals surface area contributed by atoms with E-state index in [0.717, 1.165) is 5.56 Å². The summed E-state index contributed by atoms with van der Waals surface area (Å²) in [6.45, 7) is 9.20. The number of hydrogen-bond acceptors (Lipinski definition) is 3. The number of likely N-dealkylation sites (tertiary alicyclic amines) is 1. The van der Waals surface area contributed by atoms with Gasteiger partial charge in [-0.05, 0) is 39.2 Å². The minimum absolute atomic E-state index is 0.150. The summed E-state index contributed by atoms with van der Waals surface area (Å²) in [7, 11) is 0. The first kappa shape index (κ1) is 16.5. The molecule has 4 heteroatoms. The zero-order chi connectivity index (χ0) is 16.5. The molecule has 0 radical (unpaired) electrons. The Kier molecular flexibility index (Phi) is 4.32. The third-order valence-corrected chi connectivity index (χ3v) is 3.81. The molecule has 2 rings (SSSR count). The van der Waals surface area contributed by atoms with Crippen molar-refractivity contribution < 1.29 is 14.3 Å². The molecule has 1 aromatic carbocycles. The maximum atomic E-state index is 12.6. The average molecular weight is 303 g/mol. The van der Waals surface area contributed by atoms with Gasteiger partial charge in [-0.15, -0.1) is 0 Å². The first-order valence-electron chi connectivity index (χ1n) is 7.71. The summed E-state index contributed by atoms with van der Waals surface area (Å²) in [5, 5.41) is 0. The van der Waals surface area contributed by atoms with E-state index in [2.05, 4.69) is 0 Å². The average Bonchev–Trinajstić information content (AvgIpc) is 2.58. The van der Waals surface area contributed by atoms with E-state index in [1.165, 1.54) is 4.90 Å². The molecular formula is C18H25NO3. The fraction of sp³-hybridized carbons (Fsp3) is 0.556. The molecule has 1 fully saturated rings. The van der Waals surface area contributed by atoms with Crippen LogP contribution >= 0.6 is 0 Å². The number of hydrogen-bond donors (Lipinski definition) is 0. The highest BCUT2D eigenvalue weighted by atomic mass is 16.6. The molecule has 0 aliphatic carbocycles. The molecule has 1 saturated heterocycles. The topological polar surface area (TPSA) is 46.6 Å². The van der Waals surface area contributed by atoms with Crippen LogP contribution in [0, 0.1) is 5.41 Å². The van der Waals surface area contributed by atoms with Gasteiger partial charge in [0.1, 0.15) is 5.60 Å². The number of carbonyl (C=O) groups excluding carboxylic acids is 2. The Morgan fingerprint density at radius 2 is 1.86 bits per heavy atom. The van der Waals surface area contributed by atoms with Crippen LogP contribution in [0.4, 0.5) is 4.79 Å². The van der Waals surface area contributed by atoms with Crippen LogP contribution in [0.5, 0.6) is 0 Å². The van der Waals surface area contributed by atoms with Crippen molar-refractivity contribution in [3.8, 4) is 0 Å². The molecule has 120 valence electrons. The first-order valence-corrected chi connectivity index (χ1v) is 7.71. The van der Waals surface area contributed by atoms with Gasteiger partial charge in [0.15, 0.2) is 0 Å². The number of carbonyl (C=O) groups is 2. The monoisotopic (exact) mass is 303 g/mol. The number of amides is 2. The van der Waals surface area contributed by atoms with Crippen LogP contribution in [-0.4, -0.2) is 28.5 Å². The van der Waals surface area contributed by atoms with Crippen molar-refractivity contribution in [3.63, 3.8) is 0 Å². The van der Waals surface area contributed by atoms with Gasteiger partial charge in [0, 0.05) is 11.5 Å². The van der Waals surface area contributed by atoms with Crippen molar-refractivity contribution in [2.45, 2.75) is 59.1 Å². The van der Waals surface area contributed by atoms with Crippen molar-refractivity contribution in [1.29, 1.82) is 0 Å². The standard InChI is InChI=1S/C18H25NO3/c1-17(2,3)22-16(21)19-14(12-18(4,5)15(19)20)11-13-9-7-6-8-10-13/h6-10,14H,11-12H2,1-5H3/t14-/m0/s1. The molecular weight excluding hydrogens is 278 g/mol. The number of rotatable bonds is 2. The lowest BCUT2D eigenvalue weighted by molar-refractivity contribution is -0.134. The summed E-state index contributed by atoms with van der Waals surface area (Å²) in [6.07, 6.45) is 0.777. The van der Waals surface area contributed by atoms with E-state index in [0.29, 0.717) is 12.8 Å². The van der Waals surface area contributed by atoms with Gasteiger partial charge in [-0.3, -0.25) is 4.79 Å². The molecule has 0 saturated carbocycles. The smallest absolute Gasteiger partial charge is 0.417 e. The van der Waals surface area contributed by atoms with Gasteiger partial charge in [-0.2, -0.15) is 0 Å². The lowest BCUT2D eigenvalue weighted by atomic mass is 9.88. The molecule has 0 N–H and O–H groups in total. The molecule has 1 aliphatic rings. The van der Waals surface area contributed by atoms with Gasteiger partial charge in [0.2, 0.25) is 5.91 Å². The summed E-state index contributed by atoms with van der Waals surface area (Å²) in [5.74, 6) is -0.150. The normalized spacial score (nSPS) is 21.0. The van der Waals surface area contributed by atoms with Crippen LogP contribution in [0.3, 0.4) is 0 Å².